The van der Waals surface area contributed by atoms with Crippen molar-refractivity contribution < 1.29 is 14.7 Å². The summed E-state index contributed by atoms with van der Waals surface area (Å²) in [6.07, 6.45) is 5.81. The van der Waals surface area contributed by atoms with E-state index in [9.17, 15) is 14.7 Å². The van der Waals surface area contributed by atoms with Crippen molar-refractivity contribution in [1.82, 2.24) is 10.2 Å². The highest BCUT2D eigenvalue weighted by Crippen LogP contribution is 2.40. The van der Waals surface area contributed by atoms with Crippen LogP contribution < -0.4 is 5.32 Å². The van der Waals surface area contributed by atoms with E-state index in [2.05, 4.69) is 12.2 Å². The molecule has 0 heterocycles. The standard InChI is InChI=1S/C15H28N2O3/c1-5-15(9-7-8-10-15)11-16-13(20)17(6-2)14(3,4)12(18)19/h5-11H2,1-4H3,(H,16,20)(H,18,19). The molecule has 0 saturated heterocycles. The number of rotatable bonds is 6. The molecule has 2 amide bonds. The molecule has 1 rings (SSSR count). The molecule has 0 radical (unpaired) electrons. The van der Waals surface area contributed by atoms with Gasteiger partial charge < -0.3 is 15.3 Å². The molecular formula is C15H28N2O3. The zero-order valence-electron chi connectivity index (χ0n) is 13.2. The van der Waals surface area contributed by atoms with Gasteiger partial charge in [0.25, 0.3) is 0 Å². The summed E-state index contributed by atoms with van der Waals surface area (Å²) in [5.74, 6) is -0.986. The van der Waals surface area contributed by atoms with Crippen molar-refractivity contribution >= 4 is 12.0 Å². The molecule has 1 saturated carbocycles. The van der Waals surface area contributed by atoms with Gasteiger partial charge in [-0.3, -0.25) is 0 Å². The Morgan fingerprint density at radius 2 is 1.80 bits per heavy atom. The Morgan fingerprint density at radius 1 is 1.25 bits per heavy atom. The lowest BCUT2D eigenvalue weighted by Gasteiger charge is -2.36. The summed E-state index contributed by atoms with van der Waals surface area (Å²) in [5.41, 5.74) is -0.976. The molecule has 2 N–H and O–H groups in total. The quantitative estimate of drug-likeness (QED) is 0.788. The highest BCUT2D eigenvalue weighted by molar-refractivity contribution is 5.85. The Kier molecular flexibility index (Phi) is 5.42. The molecule has 1 fully saturated rings. The van der Waals surface area contributed by atoms with Crippen LogP contribution in [0, 0.1) is 5.41 Å². The van der Waals surface area contributed by atoms with E-state index in [4.69, 9.17) is 0 Å². The maximum atomic E-state index is 12.3. The van der Waals surface area contributed by atoms with Crippen molar-refractivity contribution in [3.8, 4) is 0 Å². The average molecular weight is 284 g/mol. The zero-order chi connectivity index (χ0) is 15.4. The minimum Gasteiger partial charge on any atom is -0.480 e. The first-order valence-corrected chi connectivity index (χ1v) is 7.58. The van der Waals surface area contributed by atoms with E-state index in [1.54, 1.807) is 20.8 Å². The maximum absolute atomic E-state index is 12.3. The van der Waals surface area contributed by atoms with E-state index in [-0.39, 0.29) is 11.4 Å². The van der Waals surface area contributed by atoms with Crippen LogP contribution in [0.25, 0.3) is 0 Å². The van der Waals surface area contributed by atoms with Gasteiger partial charge in [-0.25, -0.2) is 9.59 Å². The van der Waals surface area contributed by atoms with Gasteiger partial charge in [-0.1, -0.05) is 19.8 Å². The van der Waals surface area contributed by atoms with Gasteiger partial charge in [0.1, 0.15) is 5.54 Å². The predicted molar refractivity (Wildman–Crippen MR) is 78.7 cm³/mol. The molecule has 116 valence electrons. The van der Waals surface area contributed by atoms with E-state index < -0.39 is 11.5 Å². The minimum atomic E-state index is -1.19. The van der Waals surface area contributed by atoms with Gasteiger partial charge in [0.2, 0.25) is 0 Å². The fourth-order valence-corrected chi connectivity index (χ4v) is 3.05. The third-order valence-corrected chi connectivity index (χ3v) is 4.79. The van der Waals surface area contributed by atoms with Crippen molar-refractivity contribution in [2.75, 3.05) is 13.1 Å². The first-order valence-electron chi connectivity index (χ1n) is 7.58. The second kappa shape index (κ2) is 6.46. The molecule has 1 aliphatic rings. The molecule has 5 heteroatoms. The van der Waals surface area contributed by atoms with Crippen LogP contribution >= 0.6 is 0 Å². The topological polar surface area (TPSA) is 69.6 Å². The summed E-state index contributed by atoms with van der Waals surface area (Å²) >= 11 is 0. The molecule has 0 spiro atoms. The molecule has 0 unspecified atom stereocenters. The van der Waals surface area contributed by atoms with Gasteiger partial charge in [0.15, 0.2) is 0 Å². The number of hydrogen-bond acceptors (Lipinski definition) is 2. The third kappa shape index (κ3) is 3.44. The summed E-state index contributed by atoms with van der Waals surface area (Å²) in [6.45, 7) is 8.11. The number of carbonyl (C=O) groups is 2. The van der Waals surface area contributed by atoms with Crippen LogP contribution in [0.3, 0.4) is 0 Å². The number of hydrogen-bond donors (Lipinski definition) is 2. The Labute approximate surface area is 121 Å². The van der Waals surface area contributed by atoms with Crippen molar-refractivity contribution in [1.29, 1.82) is 0 Å². The number of likely N-dealkylation sites (N-methyl/N-ethyl adjacent to an activating group) is 1. The summed E-state index contributed by atoms with van der Waals surface area (Å²) in [7, 11) is 0. The van der Waals surface area contributed by atoms with E-state index in [1.165, 1.54) is 17.7 Å². The molecular weight excluding hydrogens is 256 g/mol. The second-order valence-electron chi connectivity index (χ2n) is 6.33. The van der Waals surface area contributed by atoms with Crippen LogP contribution in [0.15, 0.2) is 0 Å². The maximum Gasteiger partial charge on any atom is 0.329 e. The van der Waals surface area contributed by atoms with E-state index in [0.29, 0.717) is 13.1 Å². The average Bonchev–Trinajstić information content (AvgIpc) is 2.86. The Hall–Kier alpha value is -1.26. The van der Waals surface area contributed by atoms with Gasteiger partial charge in [0.05, 0.1) is 0 Å². The van der Waals surface area contributed by atoms with Gasteiger partial charge >= 0.3 is 12.0 Å². The van der Waals surface area contributed by atoms with E-state index >= 15 is 0 Å². The van der Waals surface area contributed by atoms with Gasteiger partial charge in [0, 0.05) is 13.1 Å². The van der Waals surface area contributed by atoms with Crippen molar-refractivity contribution in [3.05, 3.63) is 0 Å². The molecule has 0 aromatic carbocycles. The lowest BCUT2D eigenvalue weighted by Crippen LogP contribution is -2.57. The number of carbonyl (C=O) groups excluding carboxylic acids is 1. The Bertz CT molecular complexity index is 360. The van der Waals surface area contributed by atoms with Crippen molar-refractivity contribution in [2.24, 2.45) is 5.41 Å². The molecule has 0 bridgehead atoms. The van der Waals surface area contributed by atoms with Crippen LogP contribution in [0.5, 0.6) is 0 Å². The molecule has 1 aliphatic carbocycles. The van der Waals surface area contributed by atoms with Crippen LogP contribution in [0.1, 0.15) is 59.8 Å². The summed E-state index contributed by atoms with van der Waals surface area (Å²) in [4.78, 5) is 25.0. The molecule has 0 aromatic heterocycles. The van der Waals surface area contributed by atoms with Crippen molar-refractivity contribution in [2.45, 2.75) is 65.3 Å². The number of urea groups is 1. The van der Waals surface area contributed by atoms with Crippen molar-refractivity contribution in [3.63, 3.8) is 0 Å². The third-order valence-electron chi connectivity index (χ3n) is 4.79. The zero-order valence-corrected chi connectivity index (χ0v) is 13.2. The largest absolute Gasteiger partial charge is 0.480 e. The normalized spacial score (nSPS) is 17.8. The second-order valence-corrected chi connectivity index (χ2v) is 6.33. The SMILES string of the molecule is CCN(C(=O)NCC1(CC)CCCC1)C(C)(C)C(=O)O. The number of carboxylic acid groups (broad SMARTS) is 1. The number of aliphatic carboxylic acids is 1. The molecule has 0 aliphatic heterocycles. The fourth-order valence-electron chi connectivity index (χ4n) is 3.05. The van der Waals surface area contributed by atoms with E-state index in [0.717, 1.165) is 19.3 Å². The molecule has 20 heavy (non-hydrogen) atoms. The smallest absolute Gasteiger partial charge is 0.329 e. The molecule has 0 aromatic rings. The van der Waals surface area contributed by atoms with Gasteiger partial charge in [-0.2, -0.15) is 0 Å². The highest BCUT2D eigenvalue weighted by atomic mass is 16.4. The van der Waals surface area contributed by atoms with E-state index in [1.807, 2.05) is 0 Å². The highest BCUT2D eigenvalue weighted by Gasteiger charge is 2.38. The molecule has 0 atom stereocenters. The number of amides is 2. The lowest BCUT2D eigenvalue weighted by atomic mass is 9.83. The van der Waals surface area contributed by atoms with Crippen LogP contribution in [-0.2, 0) is 4.79 Å². The van der Waals surface area contributed by atoms with Gasteiger partial charge in [-0.15, -0.1) is 0 Å². The minimum absolute atomic E-state index is 0.211. The summed E-state index contributed by atoms with van der Waals surface area (Å²) in [6, 6.07) is -0.278. The van der Waals surface area contributed by atoms with Crippen LogP contribution in [-0.4, -0.2) is 40.6 Å². The first kappa shape index (κ1) is 16.8. The van der Waals surface area contributed by atoms with Crippen LogP contribution in [0.2, 0.25) is 0 Å². The fraction of sp³-hybridized carbons (Fsp3) is 0.867. The van der Waals surface area contributed by atoms with Crippen LogP contribution in [0.4, 0.5) is 4.79 Å². The predicted octanol–water partition coefficient (Wildman–Crippen LogP) is 2.85. The summed E-state index contributed by atoms with van der Waals surface area (Å²) in [5, 5.41) is 12.2. The number of nitrogens with zero attached hydrogens (tertiary/aromatic N) is 1. The Morgan fingerprint density at radius 3 is 2.20 bits per heavy atom. The van der Waals surface area contributed by atoms with Gasteiger partial charge in [-0.05, 0) is 45.4 Å². The number of nitrogens with one attached hydrogen (secondary N) is 1. The number of carboxylic acids is 1. The monoisotopic (exact) mass is 284 g/mol. The summed E-state index contributed by atoms with van der Waals surface area (Å²) < 4.78 is 0. The Balaban J connectivity index is 2.67. The molecule has 5 nitrogen and oxygen atoms in total. The lowest BCUT2D eigenvalue weighted by molar-refractivity contribution is -0.147. The first-order chi connectivity index (χ1) is 9.29.